The summed E-state index contributed by atoms with van der Waals surface area (Å²) < 4.78 is 11.3. The van der Waals surface area contributed by atoms with Crippen LogP contribution in [0.25, 0.3) is 0 Å². The molecule has 1 fully saturated rings. The van der Waals surface area contributed by atoms with Crippen molar-refractivity contribution >= 4 is 0 Å². The minimum atomic E-state index is 0.719. The molecule has 1 aliphatic heterocycles. The van der Waals surface area contributed by atoms with Crippen molar-refractivity contribution in [1.82, 2.24) is 4.90 Å². The number of benzene rings is 1. The van der Waals surface area contributed by atoms with Crippen LogP contribution in [0.1, 0.15) is 24.8 Å². The Morgan fingerprint density at radius 3 is 2.70 bits per heavy atom. The van der Waals surface area contributed by atoms with E-state index in [0.29, 0.717) is 0 Å². The van der Waals surface area contributed by atoms with Crippen LogP contribution in [0.5, 0.6) is 11.5 Å². The van der Waals surface area contributed by atoms with Gasteiger partial charge in [-0.1, -0.05) is 18.6 Å². The minimum Gasteiger partial charge on any atom is -0.493 e. The SMILES string of the molecule is C=CCc1ccc(OCCN2CCCCC2)c(OC)c1. The predicted molar refractivity (Wildman–Crippen MR) is 82.7 cm³/mol. The first-order valence-corrected chi connectivity index (χ1v) is 7.46. The summed E-state index contributed by atoms with van der Waals surface area (Å²) in [7, 11) is 1.69. The zero-order chi connectivity index (χ0) is 14.2. The number of hydrogen-bond donors (Lipinski definition) is 0. The van der Waals surface area contributed by atoms with Gasteiger partial charge in [-0.05, 0) is 50.0 Å². The highest BCUT2D eigenvalue weighted by atomic mass is 16.5. The van der Waals surface area contributed by atoms with Crippen molar-refractivity contribution in [1.29, 1.82) is 0 Å². The fraction of sp³-hybridized carbons (Fsp3) is 0.529. The molecule has 0 unspecified atom stereocenters. The molecule has 0 saturated carbocycles. The number of rotatable bonds is 7. The Balaban J connectivity index is 1.86. The fourth-order valence-electron chi connectivity index (χ4n) is 2.59. The van der Waals surface area contributed by atoms with E-state index in [9.17, 15) is 0 Å². The summed E-state index contributed by atoms with van der Waals surface area (Å²) in [5, 5.41) is 0. The van der Waals surface area contributed by atoms with Crippen molar-refractivity contribution < 1.29 is 9.47 Å². The number of piperidine rings is 1. The van der Waals surface area contributed by atoms with Crippen LogP contribution in [0.15, 0.2) is 30.9 Å². The summed E-state index contributed by atoms with van der Waals surface area (Å²) in [6.07, 6.45) is 6.76. The summed E-state index contributed by atoms with van der Waals surface area (Å²) in [5.41, 5.74) is 1.19. The largest absolute Gasteiger partial charge is 0.493 e. The number of methoxy groups -OCH3 is 1. The Bertz CT molecular complexity index is 425. The summed E-state index contributed by atoms with van der Waals surface area (Å²) in [6, 6.07) is 6.09. The molecule has 3 heteroatoms. The highest BCUT2D eigenvalue weighted by Gasteiger charge is 2.10. The van der Waals surface area contributed by atoms with Gasteiger partial charge in [0, 0.05) is 6.54 Å². The van der Waals surface area contributed by atoms with Crippen molar-refractivity contribution in [2.45, 2.75) is 25.7 Å². The molecule has 2 rings (SSSR count). The van der Waals surface area contributed by atoms with Gasteiger partial charge in [0.05, 0.1) is 7.11 Å². The van der Waals surface area contributed by atoms with E-state index >= 15 is 0 Å². The lowest BCUT2D eigenvalue weighted by Gasteiger charge is -2.26. The highest BCUT2D eigenvalue weighted by Crippen LogP contribution is 2.28. The molecule has 1 heterocycles. The zero-order valence-corrected chi connectivity index (χ0v) is 12.4. The first-order chi connectivity index (χ1) is 9.83. The molecule has 1 aromatic carbocycles. The van der Waals surface area contributed by atoms with Crippen LogP contribution in [0.4, 0.5) is 0 Å². The van der Waals surface area contributed by atoms with E-state index in [0.717, 1.165) is 31.1 Å². The second kappa shape index (κ2) is 7.95. The van der Waals surface area contributed by atoms with E-state index in [1.807, 2.05) is 18.2 Å². The second-order valence-corrected chi connectivity index (χ2v) is 5.23. The van der Waals surface area contributed by atoms with Gasteiger partial charge in [0.2, 0.25) is 0 Å². The van der Waals surface area contributed by atoms with Crippen LogP contribution in [-0.2, 0) is 6.42 Å². The molecule has 1 saturated heterocycles. The van der Waals surface area contributed by atoms with Gasteiger partial charge in [0.15, 0.2) is 11.5 Å². The lowest BCUT2D eigenvalue weighted by molar-refractivity contribution is 0.180. The smallest absolute Gasteiger partial charge is 0.161 e. The first-order valence-electron chi connectivity index (χ1n) is 7.46. The van der Waals surface area contributed by atoms with E-state index in [1.54, 1.807) is 7.11 Å². The van der Waals surface area contributed by atoms with Crippen LogP contribution >= 0.6 is 0 Å². The Hall–Kier alpha value is -1.48. The van der Waals surface area contributed by atoms with Gasteiger partial charge in [-0.15, -0.1) is 6.58 Å². The Morgan fingerprint density at radius 1 is 1.20 bits per heavy atom. The quantitative estimate of drug-likeness (QED) is 0.713. The van der Waals surface area contributed by atoms with E-state index in [4.69, 9.17) is 9.47 Å². The molecule has 1 aromatic rings. The monoisotopic (exact) mass is 275 g/mol. The number of hydrogen-bond acceptors (Lipinski definition) is 3. The number of ether oxygens (including phenoxy) is 2. The van der Waals surface area contributed by atoms with E-state index in [1.165, 1.54) is 37.9 Å². The first kappa shape index (κ1) is 14.9. The fourth-order valence-corrected chi connectivity index (χ4v) is 2.59. The molecule has 110 valence electrons. The molecule has 0 spiro atoms. The van der Waals surface area contributed by atoms with Crippen LogP contribution in [-0.4, -0.2) is 38.3 Å². The van der Waals surface area contributed by atoms with Gasteiger partial charge in [-0.2, -0.15) is 0 Å². The molecule has 3 nitrogen and oxygen atoms in total. The number of allylic oxidation sites excluding steroid dienone is 1. The minimum absolute atomic E-state index is 0.719. The van der Waals surface area contributed by atoms with Crippen molar-refractivity contribution in [3.05, 3.63) is 36.4 Å². The van der Waals surface area contributed by atoms with Crippen LogP contribution < -0.4 is 9.47 Å². The third-order valence-electron chi connectivity index (χ3n) is 3.72. The van der Waals surface area contributed by atoms with Gasteiger partial charge < -0.3 is 9.47 Å². The van der Waals surface area contributed by atoms with Crippen LogP contribution in [0.2, 0.25) is 0 Å². The second-order valence-electron chi connectivity index (χ2n) is 5.23. The number of nitrogens with zero attached hydrogens (tertiary/aromatic N) is 1. The van der Waals surface area contributed by atoms with Crippen LogP contribution in [0.3, 0.4) is 0 Å². The third-order valence-corrected chi connectivity index (χ3v) is 3.72. The van der Waals surface area contributed by atoms with Crippen molar-refractivity contribution in [3.63, 3.8) is 0 Å². The third kappa shape index (κ3) is 4.27. The molecular formula is C17H25NO2. The maximum atomic E-state index is 5.87. The summed E-state index contributed by atoms with van der Waals surface area (Å²) in [5.74, 6) is 1.64. The van der Waals surface area contributed by atoms with Gasteiger partial charge in [0.25, 0.3) is 0 Å². The standard InChI is InChI=1S/C17H25NO2/c1-3-7-15-8-9-16(17(14-15)19-2)20-13-12-18-10-5-4-6-11-18/h3,8-9,14H,1,4-7,10-13H2,2H3. The molecule has 20 heavy (non-hydrogen) atoms. The maximum absolute atomic E-state index is 5.87. The average Bonchev–Trinajstić information content (AvgIpc) is 2.50. The normalized spacial score (nSPS) is 15.8. The average molecular weight is 275 g/mol. The molecule has 0 amide bonds. The lowest BCUT2D eigenvalue weighted by Crippen LogP contribution is -2.33. The molecule has 0 N–H and O–H groups in total. The Labute approximate surface area is 122 Å². The predicted octanol–water partition coefficient (Wildman–Crippen LogP) is 3.29. The highest BCUT2D eigenvalue weighted by molar-refractivity contribution is 5.43. The summed E-state index contributed by atoms with van der Waals surface area (Å²) >= 11 is 0. The van der Waals surface area contributed by atoms with Crippen molar-refractivity contribution in [2.24, 2.45) is 0 Å². The van der Waals surface area contributed by atoms with Gasteiger partial charge >= 0.3 is 0 Å². The Kier molecular flexibility index (Phi) is 5.93. The molecule has 0 bridgehead atoms. The van der Waals surface area contributed by atoms with E-state index in [-0.39, 0.29) is 0 Å². The molecular weight excluding hydrogens is 250 g/mol. The maximum Gasteiger partial charge on any atom is 0.161 e. The van der Waals surface area contributed by atoms with Crippen molar-refractivity contribution in [2.75, 3.05) is 33.4 Å². The van der Waals surface area contributed by atoms with Gasteiger partial charge in [-0.25, -0.2) is 0 Å². The number of likely N-dealkylation sites (tertiary alicyclic amines) is 1. The van der Waals surface area contributed by atoms with Gasteiger partial charge in [0.1, 0.15) is 6.61 Å². The van der Waals surface area contributed by atoms with E-state index < -0.39 is 0 Å². The van der Waals surface area contributed by atoms with Crippen LogP contribution in [0, 0.1) is 0 Å². The molecule has 0 aromatic heterocycles. The lowest BCUT2D eigenvalue weighted by atomic mass is 10.1. The summed E-state index contributed by atoms with van der Waals surface area (Å²) in [6.45, 7) is 7.89. The van der Waals surface area contributed by atoms with E-state index in [2.05, 4.69) is 17.5 Å². The topological polar surface area (TPSA) is 21.7 Å². The molecule has 0 atom stereocenters. The zero-order valence-electron chi connectivity index (χ0n) is 12.4. The molecule has 0 aliphatic carbocycles. The Morgan fingerprint density at radius 2 is 2.00 bits per heavy atom. The van der Waals surface area contributed by atoms with Gasteiger partial charge in [-0.3, -0.25) is 4.90 Å². The van der Waals surface area contributed by atoms with Crippen molar-refractivity contribution in [3.8, 4) is 11.5 Å². The molecule has 0 radical (unpaired) electrons. The summed E-state index contributed by atoms with van der Waals surface area (Å²) in [4.78, 5) is 2.47. The molecule has 1 aliphatic rings.